The van der Waals surface area contributed by atoms with Crippen molar-refractivity contribution in [3.05, 3.63) is 35.4 Å². The van der Waals surface area contributed by atoms with Crippen molar-refractivity contribution in [1.29, 1.82) is 0 Å². The molecule has 0 bridgehead atoms. The van der Waals surface area contributed by atoms with Gasteiger partial charge in [-0.1, -0.05) is 37.6 Å². The number of ether oxygens (including phenoxy) is 2. The predicted octanol–water partition coefficient (Wildman–Crippen LogP) is 3.05. The molecular formula is C19H33N3O2. The number of nitrogens with zero attached hydrogens (tertiary/aromatic N) is 1. The molecule has 1 atom stereocenters. The predicted molar refractivity (Wildman–Crippen MR) is 101 cm³/mol. The first kappa shape index (κ1) is 20.5. The maximum absolute atomic E-state index is 5.55. The number of aryl methyl sites for hydroxylation is 1. The van der Waals surface area contributed by atoms with Gasteiger partial charge < -0.3 is 20.1 Å². The Balaban J connectivity index is 2.18. The molecule has 0 aliphatic carbocycles. The largest absolute Gasteiger partial charge is 0.379 e. The highest BCUT2D eigenvalue weighted by molar-refractivity contribution is 5.80. The summed E-state index contributed by atoms with van der Waals surface area (Å²) in [7, 11) is 1.78. The van der Waals surface area contributed by atoms with Gasteiger partial charge in [0, 0.05) is 20.2 Å². The third-order valence-corrected chi connectivity index (χ3v) is 3.78. The van der Waals surface area contributed by atoms with E-state index in [0.717, 1.165) is 32.0 Å². The number of benzene rings is 1. The van der Waals surface area contributed by atoms with Crippen molar-refractivity contribution in [3.8, 4) is 0 Å². The molecule has 0 heterocycles. The monoisotopic (exact) mass is 335 g/mol. The molecule has 0 spiro atoms. The van der Waals surface area contributed by atoms with E-state index in [-0.39, 0.29) is 6.04 Å². The van der Waals surface area contributed by atoms with Crippen LogP contribution in [0.5, 0.6) is 0 Å². The number of unbranched alkanes of at least 4 members (excludes halogenated alkanes) is 1. The van der Waals surface area contributed by atoms with Crippen LogP contribution in [0.1, 0.15) is 43.9 Å². The maximum Gasteiger partial charge on any atom is 0.191 e. The molecule has 2 N–H and O–H groups in total. The first-order chi connectivity index (χ1) is 11.7. The van der Waals surface area contributed by atoms with Crippen LogP contribution in [0.3, 0.4) is 0 Å². The van der Waals surface area contributed by atoms with Crippen LogP contribution in [0, 0.1) is 6.92 Å². The SMILES string of the molecule is CCCCOCCOCCNC(=NC)NC(C)c1ccccc1C. The zero-order chi connectivity index (χ0) is 17.6. The summed E-state index contributed by atoms with van der Waals surface area (Å²) in [5.41, 5.74) is 2.56. The van der Waals surface area contributed by atoms with Crippen LogP contribution in [0.15, 0.2) is 29.3 Å². The van der Waals surface area contributed by atoms with Gasteiger partial charge in [0.25, 0.3) is 0 Å². The van der Waals surface area contributed by atoms with Crippen LogP contribution < -0.4 is 10.6 Å². The molecule has 1 aromatic carbocycles. The van der Waals surface area contributed by atoms with Gasteiger partial charge in [0.05, 0.1) is 25.9 Å². The Labute approximate surface area is 146 Å². The second kappa shape index (κ2) is 12.8. The summed E-state index contributed by atoms with van der Waals surface area (Å²) in [6.45, 7) is 9.90. The topological polar surface area (TPSA) is 54.9 Å². The van der Waals surface area contributed by atoms with Gasteiger partial charge in [-0.15, -0.1) is 0 Å². The van der Waals surface area contributed by atoms with Crippen molar-refractivity contribution < 1.29 is 9.47 Å². The fraction of sp³-hybridized carbons (Fsp3) is 0.632. The highest BCUT2D eigenvalue weighted by Gasteiger charge is 2.09. The zero-order valence-electron chi connectivity index (χ0n) is 15.6. The van der Waals surface area contributed by atoms with Crippen molar-refractivity contribution in [3.63, 3.8) is 0 Å². The van der Waals surface area contributed by atoms with Gasteiger partial charge in [0.2, 0.25) is 0 Å². The van der Waals surface area contributed by atoms with Gasteiger partial charge >= 0.3 is 0 Å². The molecule has 0 fully saturated rings. The Bertz CT molecular complexity index is 477. The first-order valence-electron chi connectivity index (χ1n) is 8.87. The molecule has 136 valence electrons. The van der Waals surface area contributed by atoms with Crippen LogP contribution in [0.4, 0.5) is 0 Å². The minimum Gasteiger partial charge on any atom is -0.379 e. The molecule has 0 amide bonds. The van der Waals surface area contributed by atoms with Crippen LogP contribution in [0.25, 0.3) is 0 Å². The molecule has 0 aromatic heterocycles. The third-order valence-electron chi connectivity index (χ3n) is 3.78. The molecule has 24 heavy (non-hydrogen) atoms. The number of nitrogens with one attached hydrogen (secondary N) is 2. The van der Waals surface area contributed by atoms with Gasteiger partial charge in [0.15, 0.2) is 5.96 Å². The fourth-order valence-electron chi connectivity index (χ4n) is 2.36. The Kier molecular flexibility index (Phi) is 10.9. The van der Waals surface area contributed by atoms with Crippen molar-refractivity contribution in [1.82, 2.24) is 10.6 Å². The molecule has 0 saturated heterocycles. The lowest BCUT2D eigenvalue weighted by Crippen LogP contribution is -2.40. The fourth-order valence-corrected chi connectivity index (χ4v) is 2.36. The van der Waals surface area contributed by atoms with Crippen molar-refractivity contribution in [2.24, 2.45) is 4.99 Å². The van der Waals surface area contributed by atoms with Crippen LogP contribution in [0.2, 0.25) is 0 Å². The van der Waals surface area contributed by atoms with E-state index in [1.54, 1.807) is 7.05 Å². The molecule has 1 rings (SSSR count). The quantitative estimate of drug-likeness (QED) is 0.371. The van der Waals surface area contributed by atoms with Gasteiger partial charge in [-0.3, -0.25) is 4.99 Å². The van der Waals surface area contributed by atoms with Gasteiger partial charge in [0.1, 0.15) is 0 Å². The van der Waals surface area contributed by atoms with E-state index in [0.29, 0.717) is 19.8 Å². The van der Waals surface area contributed by atoms with E-state index in [2.05, 4.69) is 60.7 Å². The average Bonchev–Trinajstić information content (AvgIpc) is 2.59. The molecule has 1 aromatic rings. The Morgan fingerprint density at radius 1 is 1.12 bits per heavy atom. The van der Waals surface area contributed by atoms with E-state index in [1.807, 2.05) is 0 Å². The number of hydrogen-bond donors (Lipinski definition) is 2. The Hall–Kier alpha value is -1.59. The molecule has 1 unspecified atom stereocenters. The number of guanidine groups is 1. The standard InChI is InChI=1S/C19H33N3O2/c1-5-6-12-23-14-15-24-13-11-21-19(20-4)22-17(3)18-10-8-7-9-16(18)2/h7-10,17H,5-6,11-15H2,1-4H3,(H2,20,21,22). The molecule has 0 aliphatic heterocycles. The third kappa shape index (κ3) is 8.31. The van der Waals surface area contributed by atoms with E-state index in [9.17, 15) is 0 Å². The lowest BCUT2D eigenvalue weighted by atomic mass is 10.0. The molecular weight excluding hydrogens is 302 g/mol. The Morgan fingerprint density at radius 3 is 2.50 bits per heavy atom. The summed E-state index contributed by atoms with van der Waals surface area (Å²) in [5, 5.41) is 6.68. The normalized spacial score (nSPS) is 12.9. The van der Waals surface area contributed by atoms with Crippen LogP contribution >= 0.6 is 0 Å². The summed E-state index contributed by atoms with van der Waals surface area (Å²) in [6.07, 6.45) is 2.28. The minimum atomic E-state index is 0.199. The highest BCUT2D eigenvalue weighted by atomic mass is 16.5. The number of aliphatic imine (C=N–C) groups is 1. The van der Waals surface area contributed by atoms with Gasteiger partial charge in [-0.25, -0.2) is 0 Å². The van der Waals surface area contributed by atoms with Gasteiger partial charge in [-0.2, -0.15) is 0 Å². The zero-order valence-corrected chi connectivity index (χ0v) is 15.6. The first-order valence-corrected chi connectivity index (χ1v) is 8.87. The molecule has 5 heteroatoms. The second-order valence-electron chi connectivity index (χ2n) is 5.80. The van der Waals surface area contributed by atoms with Gasteiger partial charge in [-0.05, 0) is 31.4 Å². The maximum atomic E-state index is 5.55. The molecule has 5 nitrogen and oxygen atoms in total. The van der Waals surface area contributed by atoms with E-state index >= 15 is 0 Å². The number of hydrogen-bond acceptors (Lipinski definition) is 3. The summed E-state index contributed by atoms with van der Waals surface area (Å²) in [4.78, 5) is 4.27. The smallest absolute Gasteiger partial charge is 0.191 e. The van der Waals surface area contributed by atoms with E-state index in [1.165, 1.54) is 11.1 Å². The minimum absolute atomic E-state index is 0.199. The highest BCUT2D eigenvalue weighted by Crippen LogP contribution is 2.16. The second-order valence-corrected chi connectivity index (χ2v) is 5.80. The lowest BCUT2D eigenvalue weighted by molar-refractivity contribution is 0.0487. The average molecular weight is 335 g/mol. The van der Waals surface area contributed by atoms with E-state index in [4.69, 9.17) is 9.47 Å². The molecule has 0 aliphatic rings. The van der Waals surface area contributed by atoms with Crippen LogP contribution in [-0.2, 0) is 9.47 Å². The van der Waals surface area contributed by atoms with Crippen molar-refractivity contribution in [2.45, 2.75) is 39.7 Å². The number of rotatable bonds is 11. The Morgan fingerprint density at radius 2 is 1.83 bits per heavy atom. The summed E-state index contributed by atoms with van der Waals surface area (Å²) in [5.74, 6) is 0.786. The molecule has 0 saturated carbocycles. The van der Waals surface area contributed by atoms with E-state index < -0.39 is 0 Å². The lowest BCUT2D eigenvalue weighted by Gasteiger charge is -2.19. The summed E-state index contributed by atoms with van der Waals surface area (Å²) >= 11 is 0. The van der Waals surface area contributed by atoms with Crippen LogP contribution in [-0.4, -0.2) is 46.0 Å². The summed E-state index contributed by atoms with van der Waals surface area (Å²) in [6, 6.07) is 8.59. The van der Waals surface area contributed by atoms with Crippen molar-refractivity contribution in [2.75, 3.05) is 40.0 Å². The van der Waals surface area contributed by atoms with Crippen molar-refractivity contribution >= 4 is 5.96 Å². The summed E-state index contributed by atoms with van der Waals surface area (Å²) < 4.78 is 11.0. The molecule has 0 radical (unpaired) electrons.